The normalized spacial score (nSPS) is 10.2. The van der Waals surface area contributed by atoms with Crippen molar-refractivity contribution < 1.29 is 4.79 Å². The molecule has 0 saturated carbocycles. The Hall–Kier alpha value is -0.300. The van der Waals surface area contributed by atoms with Crippen molar-refractivity contribution in [1.82, 2.24) is 0 Å². The predicted molar refractivity (Wildman–Crippen MR) is 35.2 cm³/mol. The quantitative estimate of drug-likeness (QED) is 0.423. The number of Topliss-reactive ketones (excluding diaryl/α,β-unsaturated/α-hetero) is 1. The van der Waals surface area contributed by atoms with Gasteiger partial charge in [-0.05, 0) is 6.92 Å². The Bertz CT molecular complexity index is 96.7. The number of carbonyl (C=O) groups is 1. The fraction of sp³-hybridized carbons (Fsp3) is 0.500. The zero-order valence-electron chi connectivity index (χ0n) is 4.86. The van der Waals surface area contributed by atoms with E-state index in [0.29, 0.717) is 12.3 Å². The first-order chi connectivity index (χ1) is 3.77. The molecule has 0 spiro atoms. The molecule has 0 atom stereocenters. The third-order valence-electron chi connectivity index (χ3n) is 0.661. The van der Waals surface area contributed by atoms with E-state index in [4.69, 9.17) is 11.6 Å². The van der Waals surface area contributed by atoms with E-state index >= 15 is 0 Å². The molecule has 0 heterocycles. The Morgan fingerprint density at radius 2 is 2.25 bits per heavy atom. The maximum Gasteiger partial charge on any atom is 0.133 e. The first-order valence-electron chi connectivity index (χ1n) is 2.47. The topological polar surface area (TPSA) is 17.1 Å². The molecule has 8 heavy (non-hydrogen) atoms. The molecule has 0 unspecified atom stereocenters. The van der Waals surface area contributed by atoms with Crippen molar-refractivity contribution in [3.8, 4) is 0 Å². The molecule has 0 bridgehead atoms. The van der Waals surface area contributed by atoms with Gasteiger partial charge in [0.2, 0.25) is 0 Å². The SMILES string of the molecule is CC(=O)C/C=C\CCl. The minimum absolute atomic E-state index is 0.173. The van der Waals surface area contributed by atoms with Gasteiger partial charge in [-0.15, -0.1) is 11.6 Å². The van der Waals surface area contributed by atoms with Crippen molar-refractivity contribution in [3.63, 3.8) is 0 Å². The van der Waals surface area contributed by atoms with Crippen molar-refractivity contribution in [1.29, 1.82) is 0 Å². The molecule has 0 rings (SSSR count). The summed E-state index contributed by atoms with van der Waals surface area (Å²) >= 11 is 5.29. The van der Waals surface area contributed by atoms with Gasteiger partial charge in [-0.2, -0.15) is 0 Å². The van der Waals surface area contributed by atoms with Crippen LogP contribution in [0.2, 0.25) is 0 Å². The van der Waals surface area contributed by atoms with Crippen LogP contribution in [0.4, 0.5) is 0 Å². The van der Waals surface area contributed by atoms with Crippen LogP contribution < -0.4 is 0 Å². The number of hydrogen-bond donors (Lipinski definition) is 0. The molecule has 46 valence electrons. The van der Waals surface area contributed by atoms with Gasteiger partial charge in [0.15, 0.2) is 0 Å². The van der Waals surface area contributed by atoms with Gasteiger partial charge >= 0.3 is 0 Å². The van der Waals surface area contributed by atoms with Gasteiger partial charge in [0.05, 0.1) is 0 Å². The summed E-state index contributed by atoms with van der Waals surface area (Å²) in [4.78, 5) is 10.2. The van der Waals surface area contributed by atoms with E-state index in [-0.39, 0.29) is 5.78 Å². The van der Waals surface area contributed by atoms with Gasteiger partial charge in [-0.25, -0.2) is 0 Å². The largest absolute Gasteiger partial charge is 0.300 e. The first-order valence-corrected chi connectivity index (χ1v) is 3.01. The van der Waals surface area contributed by atoms with Crippen molar-refractivity contribution in [2.75, 3.05) is 5.88 Å². The summed E-state index contributed by atoms with van der Waals surface area (Å²) in [5, 5.41) is 0. The van der Waals surface area contributed by atoms with Crippen LogP contribution in [-0.4, -0.2) is 11.7 Å². The fourth-order valence-electron chi connectivity index (χ4n) is 0.312. The van der Waals surface area contributed by atoms with E-state index < -0.39 is 0 Å². The molecule has 0 aromatic carbocycles. The van der Waals surface area contributed by atoms with E-state index in [1.165, 1.54) is 0 Å². The van der Waals surface area contributed by atoms with E-state index in [1.54, 1.807) is 19.1 Å². The van der Waals surface area contributed by atoms with Crippen LogP contribution in [0.3, 0.4) is 0 Å². The third-order valence-corrected chi connectivity index (χ3v) is 0.839. The summed E-state index contributed by atoms with van der Waals surface area (Å²) in [6.07, 6.45) is 4.05. The number of rotatable bonds is 3. The Kier molecular flexibility index (Phi) is 4.67. The van der Waals surface area contributed by atoms with Gasteiger partial charge in [0, 0.05) is 12.3 Å². The lowest BCUT2D eigenvalue weighted by Crippen LogP contribution is -1.83. The predicted octanol–water partition coefficient (Wildman–Crippen LogP) is 1.76. The van der Waals surface area contributed by atoms with Crippen LogP contribution in [0.5, 0.6) is 0 Å². The highest BCUT2D eigenvalue weighted by Crippen LogP contribution is 1.85. The second kappa shape index (κ2) is 4.85. The highest BCUT2D eigenvalue weighted by molar-refractivity contribution is 6.18. The number of ketones is 1. The lowest BCUT2D eigenvalue weighted by atomic mass is 10.3. The fourth-order valence-corrected chi connectivity index (χ4v) is 0.438. The summed E-state index contributed by atoms with van der Waals surface area (Å²) in [5.41, 5.74) is 0. The van der Waals surface area contributed by atoms with E-state index in [9.17, 15) is 4.79 Å². The van der Waals surface area contributed by atoms with Crippen molar-refractivity contribution in [2.45, 2.75) is 13.3 Å². The average Bonchev–Trinajstić information content (AvgIpc) is 1.66. The van der Waals surface area contributed by atoms with E-state index in [1.807, 2.05) is 0 Å². The molecule has 1 nitrogen and oxygen atoms in total. The second-order valence-electron chi connectivity index (χ2n) is 1.53. The zero-order chi connectivity index (χ0) is 6.41. The number of hydrogen-bond acceptors (Lipinski definition) is 1. The summed E-state index contributed by atoms with van der Waals surface area (Å²) < 4.78 is 0. The van der Waals surface area contributed by atoms with Crippen LogP contribution in [-0.2, 0) is 4.79 Å². The molecule has 0 radical (unpaired) electrons. The molecular weight excluding hydrogens is 124 g/mol. The number of alkyl halides is 1. The molecule has 2 heteroatoms. The highest BCUT2D eigenvalue weighted by Gasteiger charge is 1.82. The Morgan fingerprint density at radius 1 is 1.62 bits per heavy atom. The lowest BCUT2D eigenvalue weighted by molar-refractivity contribution is -0.116. The smallest absolute Gasteiger partial charge is 0.133 e. The molecule has 0 fully saturated rings. The number of allylic oxidation sites excluding steroid dienone is 2. The summed E-state index contributed by atoms with van der Waals surface area (Å²) in [6, 6.07) is 0. The minimum atomic E-state index is 0.173. The molecule has 0 aliphatic heterocycles. The number of halogens is 1. The molecule has 0 saturated heterocycles. The molecule has 0 aliphatic carbocycles. The zero-order valence-corrected chi connectivity index (χ0v) is 5.61. The molecule has 0 N–H and O–H groups in total. The standard InChI is InChI=1S/C6H9ClO/c1-6(8)4-2-3-5-7/h2-3H,4-5H2,1H3/b3-2-. The Balaban J connectivity index is 3.16. The molecule has 0 aliphatic rings. The van der Waals surface area contributed by atoms with Crippen LogP contribution in [0.15, 0.2) is 12.2 Å². The van der Waals surface area contributed by atoms with Gasteiger partial charge < -0.3 is 0 Å². The molecule has 0 amide bonds. The first kappa shape index (κ1) is 7.70. The van der Waals surface area contributed by atoms with Crippen LogP contribution in [0.1, 0.15) is 13.3 Å². The summed E-state index contributed by atoms with van der Waals surface area (Å²) in [6.45, 7) is 1.55. The van der Waals surface area contributed by atoms with E-state index in [0.717, 1.165) is 0 Å². The summed E-state index contributed by atoms with van der Waals surface area (Å²) in [7, 11) is 0. The van der Waals surface area contributed by atoms with Crippen molar-refractivity contribution >= 4 is 17.4 Å². The van der Waals surface area contributed by atoms with Gasteiger partial charge in [-0.3, -0.25) is 4.79 Å². The van der Waals surface area contributed by atoms with Gasteiger partial charge in [-0.1, -0.05) is 12.2 Å². The van der Waals surface area contributed by atoms with E-state index in [2.05, 4.69) is 0 Å². The van der Waals surface area contributed by atoms with Crippen molar-refractivity contribution in [2.24, 2.45) is 0 Å². The maximum absolute atomic E-state index is 10.2. The van der Waals surface area contributed by atoms with Crippen molar-refractivity contribution in [3.05, 3.63) is 12.2 Å². The van der Waals surface area contributed by atoms with Gasteiger partial charge in [0.1, 0.15) is 5.78 Å². The second-order valence-corrected chi connectivity index (χ2v) is 1.84. The number of carbonyl (C=O) groups excluding carboxylic acids is 1. The lowest BCUT2D eigenvalue weighted by Gasteiger charge is -1.79. The monoisotopic (exact) mass is 132 g/mol. The van der Waals surface area contributed by atoms with Crippen LogP contribution in [0.25, 0.3) is 0 Å². The van der Waals surface area contributed by atoms with Gasteiger partial charge in [0.25, 0.3) is 0 Å². The third kappa shape index (κ3) is 5.70. The van der Waals surface area contributed by atoms with Crippen LogP contribution in [0, 0.1) is 0 Å². The highest BCUT2D eigenvalue weighted by atomic mass is 35.5. The molecule has 0 aromatic heterocycles. The average molecular weight is 133 g/mol. The molecule has 0 aromatic rings. The Morgan fingerprint density at radius 3 is 2.62 bits per heavy atom. The van der Waals surface area contributed by atoms with Crippen LogP contribution >= 0.6 is 11.6 Å². The maximum atomic E-state index is 10.2. The Labute approximate surface area is 54.3 Å². The molecular formula is C6H9ClO. The summed E-state index contributed by atoms with van der Waals surface area (Å²) in [5.74, 6) is 0.666. The minimum Gasteiger partial charge on any atom is -0.300 e.